The number of carbonyl (C=O) groups is 1. The average Bonchev–Trinajstić information content (AvgIpc) is 3.24. The van der Waals surface area contributed by atoms with Crippen LogP contribution in [0, 0.1) is 13.8 Å². The number of ether oxygens (including phenoxy) is 2. The van der Waals surface area contributed by atoms with Gasteiger partial charge in [0, 0.05) is 27.8 Å². The standard InChI is InChI=1S/C27H26N2O4S/c1-17-5-12-22(13-6-17)34-16-24-18(2)33-27(29-24)20-9-7-19(8-10-20)26(30)28-23-15-21(31-3)11-14-25(23)32-4/h5-15H,16H2,1-4H3,(H,28,30). The molecule has 0 aliphatic carbocycles. The number of carbonyl (C=O) groups excluding carboxylic acids is 1. The number of amides is 1. The Labute approximate surface area is 203 Å². The number of aryl methyl sites for hydroxylation is 2. The molecule has 4 aromatic rings. The van der Waals surface area contributed by atoms with E-state index in [1.807, 2.05) is 19.1 Å². The maximum absolute atomic E-state index is 12.8. The van der Waals surface area contributed by atoms with Crippen molar-refractivity contribution in [3.63, 3.8) is 0 Å². The van der Waals surface area contributed by atoms with E-state index in [2.05, 4.69) is 41.5 Å². The van der Waals surface area contributed by atoms with Crippen molar-refractivity contribution in [1.29, 1.82) is 0 Å². The summed E-state index contributed by atoms with van der Waals surface area (Å²) in [6.07, 6.45) is 0. The van der Waals surface area contributed by atoms with Gasteiger partial charge in [0.2, 0.25) is 5.89 Å². The molecule has 7 heteroatoms. The fourth-order valence-electron chi connectivity index (χ4n) is 3.34. The highest BCUT2D eigenvalue weighted by Gasteiger charge is 2.14. The van der Waals surface area contributed by atoms with Gasteiger partial charge in [0.05, 0.1) is 25.6 Å². The van der Waals surface area contributed by atoms with Gasteiger partial charge in [-0.3, -0.25) is 4.79 Å². The molecular formula is C27H26N2O4S. The van der Waals surface area contributed by atoms with Crippen LogP contribution in [0.3, 0.4) is 0 Å². The van der Waals surface area contributed by atoms with Crippen LogP contribution < -0.4 is 14.8 Å². The number of oxazole rings is 1. The van der Waals surface area contributed by atoms with Crippen LogP contribution in [0.4, 0.5) is 5.69 Å². The van der Waals surface area contributed by atoms with E-state index in [1.54, 1.807) is 56.3 Å². The summed E-state index contributed by atoms with van der Waals surface area (Å²) in [7, 11) is 3.13. The van der Waals surface area contributed by atoms with Crippen LogP contribution >= 0.6 is 11.8 Å². The highest BCUT2D eigenvalue weighted by molar-refractivity contribution is 7.98. The summed E-state index contributed by atoms with van der Waals surface area (Å²) in [6, 6.07) is 20.8. The summed E-state index contributed by atoms with van der Waals surface area (Å²) in [5.74, 6) is 2.98. The number of nitrogens with one attached hydrogen (secondary N) is 1. The van der Waals surface area contributed by atoms with Crippen molar-refractivity contribution >= 4 is 23.4 Å². The molecular weight excluding hydrogens is 448 g/mol. The van der Waals surface area contributed by atoms with Crippen molar-refractivity contribution in [2.45, 2.75) is 24.5 Å². The first-order chi connectivity index (χ1) is 16.5. The van der Waals surface area contributed by atoms with Gasteiger partial charge in [0.25, 0.3) is 5.91 Å². The maximum Gasteiger partial charge on any atom is 0.255 e. The second-order valence-electron chi connectivity index (χ2n) is 7.72. The smallest absolute Gasteiger partial charge is 0.255 e. The summed E-state index contributed by atoms with van der Waals surface area (Å²) in [4.78, 5) is 18.6. The first kappa shape index (κ1) is 23.4. The molecule has 0 saturated carbocycles. The van der Waals surface area contributed by atoms with Crippen molar-refractivity contribution in [3.8, 4) is 23.0 Å². The molecule has 174 valence electrons. The zero-order chi connectivity index (χ0) is 24.1. The lowest BCUT2D eigenvalue weighted by atomic mass is 10.1. The van der Waals surface area contributed by atoms with Gasteiger partial charge >= 0.3 is 0 Å². The Bertz CT molecular complexity index is 1280. The normalized spacial score (nSPS) is 10.7. The van der Waals surface area contributed by atoms with E-state index < -0.39 is 0 Å². The predicted molar refractivity (Wildman–Crippen MR) is 135 cm³/mol. The van der Waals surface area contributed by atoms with E-state index in [-0.39, 0.29) is 5.91 Å². The van der Waals surface area contributed by atoms with E-state index in [1.165, 1.54) is 10.5 Å². The summed E-state index contributed by atoms with van der Waals surface area (Å²) in [5, 5.41) is 2.87. The molecule has 34 heavy (non-hydrogen) atoms. The first-order valence-electron chi connectivity index (χ1n) is 10.8. The van der Waals surface area contributed by atoms with Gasteiger partial charge in [-0.1, -0.05) is 17.7 Å². The van der Waals surface area contributed by atoms with Crippen molar-refractivity contribution in [1.82, 2.24) is 4.98 Å². The lowest BCUT2D eigenvalue weighted by molar-refractivity contribution is 0.102. The number of thioether (sulfide) groups is 1. The third-order valence-corrected chi connectivity index (χ3v) is 6.36. The van der Waals surface area contributed by atoms with Crippen LogP contribution in [0.1, 0.15) is 27.4 Å². The molecule has 0 atom stereocenters. The lowest BCUT2D eigenvalue weighted by Gasteiger charge is -2.12. The zero-order valence-corrected chi connectivity index (χ0v) is 20.4. The fraction of sp³-hybridized carbons (Fsp3) is 0.185. The van der Waals surface area contributed by atoms with Gasteiger partial charge in [-0.25, -0.2) is 4.98 Å². The van der Waals surface area contributed by atoms with Gasteiger partial charge in [-0.05, 0) is 62.4 Å². The summed E-state index contributed by atoms with van der Waals surface area (Å²) < 4.78 is 16.5. The summed E-state index contributed by atoms with van der Waals surface area (Å²) >= 11 is 1.72. The Morgan fingerprint density at radius 1 is 0.971 bits per heavy atom. The fourth-order valence-corrected chi connectivity index (χ4v) is 4.24. The van der Waals surface area contributed by atoms with Crippen LogP contribution in [0.15, 0.2) is 76.0 Å². The second-order valence-corrected chi connectivity index (χ2v) is 8.77. The van der Waals surface area contributed by atoms with Crippen LogP contribution in [0.5, 0.6) is 11.5 Å². The molecule has 0 aliphatic heterocycles. The molecule has 3 aromatic carbocycles. The minimum atomic E-state index is -0.253. The van der Waals surface area contributed by atoms with Crippen molar-refractivity contribution in [3.05, 3.63) is 89.3 Å². The van der Waals surface area contributed by atoms with E-state index >= 15 is 0 Å². The molecule has 0 radical (unpaired) electrons. The zero-order valence-electron chi connectivity index (χ0n) is 19.5. The van der Waals surface area contributed by atoms with Gasteiger partial charge < -0.3 is 19.2 Å². The van der Waals surface area contributed by atoms with Gasteiger partial charge in [-0.15, -0.1) is 11.8 Å². The molecule has 0 spiro atoms. The Balaban J connectivity index is 1.45. The monoisotopic (exact) mass is 474 g/mol. The van der Waals surface area contributed by atoms with E-state index in [9.17, 15) is 4.79 Å². The van der Waals surface area contributed by atoms with Crippen LogP contribution in [0.25, 0.3) is 11.5 Å². The molecule has 0 unspecified atom stereocenters. The molecule has 1 aromatic heterocycles. The molecule has 1 N–H and O–H groups in total. The van der Waals surface area contributed by atoms with Crippen LogP contribution in [0.2, 0.25) is 0 Å². The molecule has 1 heterocycles. The predicted octanol–water partition coefficient (Wildman–Crippen LogP) is 6.52. The Kier molecular flexibility index (Phi) is 7.23. The van der Waals surface area contributed by atoms with Crippen LogP contribution in [-0.2, 0) is 5.75 Å². The van der Waals surface area contributed by atoms with Crippen molar-refractivity contribution < 1.29 is 18.7 Å². The number of nitrogens with zero attached hydrogens (tertiary/aromatic N) is 1. The number of rotatable bonds is 8. The average molecular weight is 475 g/mol. The Morgan fingerprint density at radius 2 is 1.71 bits per heavy atom. The number of hydrogen-bond donors (Lipinski definition) is 1. The highest BCUT2D eigenvalue weighted by Crippen LogP contribution is 2.30. The number of hydrogen-bond acceptors (Lipinski definition) is 6. The number of anilines is 1. The Morgan fingerprint density at radius 3 is 2.38 bits per heavy atom. The van der Waals surface area contributed by atoms with Gasteiger partial charge in [0.15, 0.2) is 0 Å². The third-order valence-electron chi connectivity index (χ3n) is 5.34. The molecule has 0 aliphatic rings. The molecule has 0 saturated heterocycles. The summed E-state index contributed by atoms with van der Waals surface area (Å²) in [6.45, 7) is 4.00. The highest BCUT2D eigenvalue weighted by atomic mass is 32.2. The summed E-state index contributed by atoms with van der Waals surface area (Å²) in [5.41, 5.74) is 4.00. The van der Waals surface area contributed by atoms with Gasteiger partial charge in [0.1, 0.15) is 17.3 Å². The second kappa shape index (κ2) is 10.5. The molecule has 0 fully saturated rings. The first-order valence-corrected chi connectivity index (χ1v) is 11.7. The van der Waals surface area contributed by atoms with Crippen molar-refractivity contribution in [2.75, 3.05) is 19.5 Å². The third kappa shape index (κ3) is 5.43. The Hall–Kier alpha value is -3.71. The molecule has 6 nitrogen and oxygen atoms in total. The van der Waals surface area contributed by atoms with Gasteiger partial charge in [-0.2, -0.15) is 0 Å². The van der Waals surface area contributed by atoms with Crippen molar-refractivity contribution in [2.24, 2.45) is 0 Å². The minimum Gasteiger partial charge on any atom is -0.497 e. The quantitative estimate of drug-likeness (QED) is 0.293. The number of benzene rings is 3. The topological polar surface area (TPSA) is 73.6 Å². The molecule has 4 rings (SSSR count). The molecule has 1 amide bonds. The largest absolute Gasteiger partial charge is 0.497 e. The van der Waals surface area contributed by atoms with E-state index in [4.69, 9.17) is 13.9 Å². The SMILES string of the molecule is COc1ccc(OC)c(NC(=O)c2ccc(-c3nc(CSc4ccc(C)cc4)c(C)o3)cc2)c1. The molecule has 0 bridgehead atoms. The number of methoxy groups -OCH3 is 2. The van der Waals surface area contributed by atoms with E-state index in [0.29, 0.717) is 28.6 Å². The minimum absolute atomic E-state index is 0.253. The maximum atomic E-state index is 12.8. The van der Waals surface area contributed by atoms with Crippen LogP contribution in [-0.4, -0.2) is 25.1 Å². The van der Waals surface area contributed by atoms with E-state index in [0.717, 1.165) is 22.8 Å². The lowest BCUT2D eigenvalue weighted by Crippen LogP contribution is -2.12. The number of aromatic nitrogens is 1.